The molecular formula is C31H41N5O. The van der Waals surface area contributed by atoms with E-state index in [-0.39, 0.29) is 5.91 Å². The third-order valence-electron chi connectivity index (χ3n) is 7.15. The molecule has 1 saturated heterocycles. The molecule has 1 fully saturated rings. The van der Waals surface area contributed by atoms with Gasteiger partial charge in [0.1, 0.15) is 0 Å². The number of piperidine rings is 1. The highest BCUT2D eigenvalue weighted by atomic mass is 16.2. The van der Waals surface area contributed by atoms with Crippen LogP contribution in [0.3, 0.4) is 0 Å². The van der Waals surface area contributed by atoms with Gasteiger partial charge in [0.15, 0.2) is 0 Å². The second-order valence-corrected chi connectivity index (χ2v) is 10.1. The number of aliphatic imine (C=N–C) groups is 1. The molecule has 2 N–H and O–H groups in total. The van der Waals surface area contributed by atoms with E-state index in [1.54, 1.807) is 25.2 Å². The summed E-state index contributed by atoms with van der Waals surface area (Å²) in [5.74, 6) is 0.599. The first-order valence-corrected chi connectivity index (χ1v) is 13.0. The van der Waals surface area contributed by atoms with Crippen LogP contribution < -0.4 is 5.73 Å². The number of carbonyl (C=O) groups excluding carboxylic acids is 1. The number of anilines is 1. The predicted octanol–water partition coefficient (Wildman–Crippen LogP) is 5.96. The summed E-state index contributed by atoms with van der Waals surface area (Å²) >= 11 is 0. The van der Waals surface area contributed by atoms with Gasteiger partial charge in [-0.25, -0.2) is 0 Å². The molecule has 0 aliphatic carbocycles. The van der Waals surface area contributed by atoms with Gasteiger partial charge in [0.25, 0.3) is 5.91 Å². The number of pyridine rings is 1. The zero-order chi connectivity index (χ0) is 26.9. The Hall–Kier alpha value is -3.51. The molecule has 0 bridgehead atoms. The summed E-state index contributed by atoms with van der Waals surface area (Å²) in [6.07, 6.45) is 12.0. The Bertz CT molecular complexity index is 1170. The minimum Gasteiger partial charge on any atom is -0.397 e. The number of hydrogen-bond donors (Lipinski definition) is 1. The Morgan fingerprint density at radius 3 is 2.32 bits per heavy atom. The topological polar surface area (TPSA) is 74.8 Å². The quantitative estimate of drug-likeness (QED) is 0.359. The lowest BCUT2D eigenvalue weighted by atomic mass is 9.88. The second kappa shape index (κ2) is 13.2. The van der Waals surface area contributed by atoms with Crippen molar-refractivity contribution in [1.82, 2.24) is 14.8 Å². The summed E-state index contributed by atoms with van der Waals surface area (Å²) < 4.78 is 0. The van der Waals surface area contributed by atoms with Crippen molar-refractivity contribution in [3.8, 4) is 0 Å². The third kappa shape index (κ3) is 7.99. The van der Waals surface area contributed by atoms with Crippen LogP contribution in [0, 0.1) is 0 Å². The van der Waals surface area contributed by atoms with Gasteiger partial charge < -0.3 is 10.6 Å². The normalized spacial score (nSPS) is 17.3. The van der Waals surface area contributed by atoms with Crippen molar-refractivity contribution in [3.63, 3.8) is 0 Å². The van der Waals surface area contributed by atoms with Gasteiger partial charge in [-0.05, 0) is 107 Å². The number of aromatic nitrogens is 1. The largest absolute Gasteiger partial charge is 0.397 e. The first-order chi connectivity index (χ1) is 17.7. The van der Waals surface area contributed by atoms with Gasteiger partial charge in [-0.2, -0.15) is 0 Å². The number of amides is 1. The summed E-state index contributed by atoms with van der Waals surface area (Å²) in [6, 6.07) is 12.3. The van der Waals surface area contributed by atoms with Crippen LogP contribution in [-0.4, -0.2) is 60.1 Å². The van der Waals surface area contributed by atoms with Crippen LogP contribution in [0.15, 0.2) is 77.1 Å². The van der Waals surface area contributed by atoms with E-state index in [0.717, 1.165) is 48.5 Å². The third-order valence-corrected chi connectivity index (χ3v) is 7.15. The van der Waals surface area contributed by atoms with E-state index in [1.807, 2.05) is 50.4 Å². The fourth-order valence-corrected chi connectivity index (χ4v) is 4.49. The Morgan fingerprint density at radius 2 is 1.73 bits per heavy atom. The molecule has 6 heteroatoms. The standard InChI is InChI=1S/C31H41N5O/c1-22(7-8-24(3)33-18-15-23(2)30-14-13-29(32)21-34-30)25(4)36-19-16-27(17-20-36)26-9-11-28(12-10-26)31(37)35(5)6/h7-15,18,21,25,27H,16-17,19-20,32H2,1-6H3/b22-7+,23-15+,24-8+,33-18+. The molecule has 1 aromatic heterocycles. The van der Waals surface area contributed by atoms with Crippen molar-refractivity contribution >= 4 is 23.4 Å². The fourth-order valence-electron chi connectivity index (χ4n) is 4.49. The van der Waals surface area contributed by atoms with Gasteiger partial charge in [-0.3, -0.25) is 19.7 Å². The average Bonchev–Trinajstić information content (AvgIpc) is 2.91. The molecule has 2 heterocycles. The fraction of sp³-hybridized carbons (Fsp3) is 0.387. The zero-order valence-corrected chi connectivity index (χ0v) is 23.1. The number of nitrogens with two attached hydrogens (primary N) is 1. The van der Waals surface area contributed by atoms with E-state index in [9.17, 15) is 4.79 Å². The van der Waals surface area contributed by atoms with E-state index < -0.39 is 0 Å². The Balaban J connectivity index is 1.52. The number of allylic oxidation sites excluding steroid dienone is 5. The number of carbonyl (C=O) groups is 1. The second-order valence-electron chi connectivity index (χ2n) is 10.1. The van der Waals surface area contributed by atoms with E-state index in [2.05, 4.69) is 53.0 Å². The monoisotopic (exact) mass is 499 g/mol. The van der Waals surface area contributed by atoms with Gasteiger partial charge in [-0.15, -0.1) is 0 Å². The van der Waals surface area contributed by atoms with Gasteiger partial charge in [0.2, 0.25) is 0 Å². The molecule has 37 heavy (non-hydrogen) atoms. The van der Waals surface area contributed by atoms with Crippen LogP contribution in [0.4, 0.5) is 5.69 Å². The number of likely N-dealkylation sites (tertiary alicyclic amines) is 1. The van der Waals surface area contributed by atoms with E-state index >= 15 is 0 Å². The van der Waals surface area contributed by atoms with Gasteiger partial charge >= 0.3 is 0 Å². The zero-order valence-electron chi connectivity index (χ0n) is 23.1. The highest BCUT2D eigenvalue weighted by molar-refractivity contribution is 5.93. The van der Waals surface area contributed by atoms with Gasteiger partial charge in [0, 0.05) is 37.6 Å². The Morgan fingerprint density at radius 1 is 1.05 bits per heavy atom. The van der Waals surface area contributed by atoms with E-state index in [1.165, 1.54) is 11.1 Å². The molecule has 6 nitrogen and oxygen atoms in total. The van der Waals surface area contributed by atoms with Crippen molar-refractivity contribution in [2.45, 2.75) is 52.5 Å². The molecular weight excluding hydrogens is 458 g/mol. The van der Waals surface area contributed by atoms with Crippen LogP contribution in [0.1, 0.15) is 68.1 Å². The molecule has 0 saturated carbocycles. The minimum absolute atomic E-state index is 0.0504. The van der Waals surface area contributed by atoms with Crippen LogP contribution in [-0.2, 0) is 0 Å². The first kappa shape index (κ1) is 28.1. The molecule has 3 rings (SSSR count). The molecule has 1 aromatic carbocycles. The lowest BCUT2D eigenvalue weighted by Gasteiger charge is -2.36. The maximum Gasteiger partial charge on any atom is 0.253 e. The Labute approximate surface area is 222 Å². The number of nitrogens with zero attached hydrogens (tertiary/aromatic N) is 4. The SMILES string of the molecule is CC(=C\C=C(/C)C(C)N1CCC(c2ccc(C(=O)N(C)C)cc2)CC1)/N=C/C=C(\C)c1ccc(N)cn1. The van der Waals surface area contributed by atoms with Gasteiger partial charge in [0.05, 0.1) is 17.6 Å². The van der Waals surface area contributed by atoms with Crippen LogP contribution in [0.5, 0.6) is 0 Å². The smallest absolute Gasteiger partial charge is 0.253 e. The molecule has 1 amide bonds. The minimum atomic E-state index is 0.0504. The van der Waals surface area contributed by atoms with Crippen molar-refractivity contribution in [1.29, 1.82) is 0 Å². The first-order valence-electron chi connectivity index (χ1n) is 13.0. The van der Waals surface area contributed by atoms with Crippen molar-refractivity contribution in [3.05, 3.63) is 88.9 Å². The highest BCUT2D eigenvalue weighted by Crippen LogP contribution is 2.30. The summed E-state index contributed by atoms with van der Waals surface area (Å²) in [5, 5.41) is 0. The van der Waals surface area contributed by atoms with Crippen molar-refractivity contribution in [2.24, 2.45) is 4.99 Å². The molecule has 0 spiro atoms. The van der Waals surface area contributed by atoms with E-state index in [0.29, 0.717) is 17.6 Å². The number of rotatable bonds is 8. The van der Waals surface area contributed by atoms with Crippen LogP contribution >= 0.6 is 0 Å². The molecule has 0 radical (unpaired) electrons. The molecule has 1 aliphatic heterocycles. The molecule has 1 unspecified atom stereocenters. The van der Waals surface area contributed by atoms with Crippen LogP contribution in [0.2, 0.25) is 0 Å². The number of benzene rings is 1. The van der Waals surface area contributed by atoms with Gasteiger partial charge in [-0.1, -0.05) is 23.8 Å². The van der Waals surface area contributed by atoms with Crippen molar-refractivity contribution in [2.75, 3.05) is 32.9 Å². The lowest BCUT2D eigenvalue weighted by molar-refractivity contribution is 0.0827. The molecule has 1 atom stereocenters. The molecule has 2 aromatic rings. The average molecular weight is 500 g/mol. The Kier molecular flexibility index (Phi) is 9.98. The summed E-state index contributed by atoms with van der Waals surface area (Å²) in [5.41, 5.74) is 12.7. The number of hydrogen-bond acceptors (Lipinski definition) is 5. The van der Waals surface area contributed by atoms with E-state index in [4.69, 9.17) is 5.73 Å². The summed E-state index contributed by atoms with van der Waals surface area (Å²) in [7, 11) is 3.57. The maximum atomic E-state index is 12.1. The van der Waals surface area contributed by atoms with Crippen LogP contribution in [0.25, 0.3) is 5.57 Å². The summed E-state index contributed by atoms with van der Waals surface area (Å²) in [6.45, 7) is 10.6. The van der Waals surface area contributed by atoms with Crippen molar-refractivity contribution < 1.29 is 4.79 Å². The summed E-state index contributed by atoms with van der Waals surface area (Å²) in [4.78, 5) is 25.2. The molecule has 196 valence electrons. The number of nitrogen functional groups attached to an aromatic ring is 1. The predicted molar refractivity (Wildman–Crippen MR) is 156 cm³/mol. The molecule has 1 aliphatic rings. The highest BCUT2D eigenvalue weighted by Gasteiger charge is 2.24. The lowest BCUT2D eigenvalue weighted by Crippen LogP contribution is -2.40. The maximum absolute atomic E-state index is 12.1.